The minimum Gasteiger partial charge on any atom is -0.571 e. The fourth-order valence-electron chi connectivity index (χ4n) is 3.37. The van der Waals surface area contributed by atoms with Gasteiger partial charge in [0.2, 0.25) is 0 Å². The Morgan fingerprint density at radius 3 is 0.839 bits per heavy atom. The molecule has 0 aliphatic heterocycles. The number of unbranched alkanes of at least 4 members (excludes halogenated alkanes) is 14. The molecule has 0 saturated heterocycles. The predicted molar refractivity (Wildman–Crippen MR) is 142 cm³/mol. The standard InChI is InChI=1S/C23H48O4S4/c1-3-5-7-9-11-13-15-17-20-28(24)30(26)22-19-23-31(27)29(25)21-18-16-14-12-10-8-6-4-2/h3-23H2,1-2H3. The van der Waals surface area contributed by atoms with Crippen molar-refractivity contribution in [2.75, 3.05) is 23.0 Å². The van der Waals surface area contributed by atoms with Crippen LogP contribution in [0.1, 0.15) is 123 Å². The van der Waals surface area contributed by atoms with Crippen LogP contribution in [0.4, 0.5) is 0 Å². The lowest BCUT2D eigenvalue weighted by Gasteiger charge is -2.14. The highest BCUT2D eigenvalue weighted by molar-refractivity contribution is 8.67. The van der Waals surface area contributed by atoms with E-state index < -0.39 is 40.8 Å². The summed E-state index contributed by atoms with van der Waals surface area (Å²) in [6.07, 6.45) is 19.4. The zero-order valence-electron chi connectivity index (χ0n) is 20.1. The minimum atomic E-state index is -1.38. The Morgan fingerprint density at radius 2 is 0.548 bits per heavy atom. The predicted octanol–water partition coefficient (Wildman–Crippen LogP) is 6.48. The summed E-state index contributed by atoms with van der Waals surface area (Å²) in [5, 5.41) is 0. The molecular weight excluding hydrogens is 469 g/mol. The first kappa shape index (κ1) is 32.2. The fraction of sp³-hybridized carbons (Fsp3) is 1.00. The van der Waals surface area contributed by atoms with Crippen LogP contribution in [0.25, 0.3) is 0 Å². The van der Waals surface area contributed by atoms with Crippen molar-refractivity contribution < 1.29 is 18.2 Å². The third-order valence-corrected chi connectivity index (χ3v) is 13.2. The molecule has 0 fully saturated rings. The minimum absolute atomic E-state index is 0.296. The van der Waals surface area contributed by atoms with Gasteiger partial charge in [-0.25, -0.2) is 0 Å². The molecule has 0 radical (unpaired) electrons. The van der Waals surface area contributed by atoms with E-state index in [1.807, 2.05) is 0 Å². The van der Waals surface area contributed by atoms with E-state index in [0.29, 0.717) is 29.4 Å². The highest BCUT2D eigenvalue weighted by Crippen LogP contribution is 2.16. The van der Waals surface area contributed by atoms with Gasteiger partial charge in [0.1, 0.15) is 0 Å². The molecule has 0 aromatic carbocycles. The summed E-state index contributed by atoms with van der Waals surface area (Å²) in [5.74, 6) is 1.58. The summed E-state index contributed by atoms with van der Waals surface area (Å²) in [6, 6.07) is 0. The van der Waals surface area contributed by atoms with Crippen molar-refractivity contribution in [3.8, 4) is 0 Å². The van der Waals surface area contributed by atoms with Crippen LogP contribution in [0.3, 0.4) is 0 Å². The number of hydrogen-bond donors (Lipinski definition) is 0. The van der Waals surface area contributed by atoms with Gasteiger partial charge in [0.15, 0.2) is 63.8 Å². The molecule has 4 unspecified atom stereocenters. The lowest BCUT2D eigenvalue weighted by molar-refractivity contribution is 0.567. The number of rotatable bonds is 24. The van der Waals surface area contributed by atoms with E-state index in [1.165, 1.54) is 64.2 Å². The lowest BCUT2D eigenvalue weighted by Crippen LogP contribution is -2.26. The van der Waals surface area contributed by atoms with Crippen LogP contribution < -0.4 is 0 Å². The molecule has 0 aromatic heterocycles. The van der Waals surface area contributed by atoms with Gasteiger partial charge in [-0.15, -0.1) is 0 Å². The Bertz CT molecular complexity index is 334. The highest BCUT2D eigenvalue weighted by Gasteiger charge is 2.28. The van der Waals surface area contributed by atoms with Gasteiger partial charge >= 0.3 is 0 Å². The van der Waals surface area contributed by atoms with Crippen molar-refractivity contribution >= 4 is 40.8 Å². The highest BCUT2D eigenvalue weighted by atomic mass is 33.2. The van der Waals surface area contributed by atoms with E-state index in [0.717, 1.165) is 38.5 Å². The molecule has 4 atom stereocenters. The van der Waals surface area contributed by atoms with Crippen molar-refractivity contribution in [2.24, 2.45) is 0 Å². The third kappa shape index (κ3) is 21.5. The molecule has 0 N–H and O–H groups in total. The molecule has 188 valence electrons. The maximum absolute atomic E-state index is 12.1. The van der Waals surface area contributed by atoms with E-state index in [2.05, 4.69) is 13.8 Å². The lowest BCUT2D eigenvalue weighted by atomic mass is 10.1. The van der Waals surface area contributed by atoms with Gasteiger partial charge in [-0.05, 0) is 25.7 Å². The molecule has 0 aromatic rings. The van der Waals surface area contributed by atoms with Gasteiger partial charge < -0.3 is 18.2 Å². The van der Waals surface area contributed by atoms with Gasteiger partial charge in [0.05, 0.1) is 0 Å². The zero-order chi connectivity index (χ0) is 23.2. The molecule has 0 saturated carbocycles. The summed E-state index contributed by atoms with van der Waals surface area (Å²) in [5.41, 5.74) is 0. The average molecular weight is 517 g/mol. The topological polar surface area (TPSA) is 92.2 Å². The average Bonchev–Trinajstić information content (AvgIpc) is 2.76. The molecule has 0 heterocycles. The molecule has 8 heteroatoms. The van der Waals surface area contributed by atoms with E-state index in [9.17, 15) is 18.2 Å². The molecule has 0 rings (SSSR count). The molecule has 31 heavy (non-hydrogen) atoms. The Morgan fingerprint density at radius 1 is 0.323 bits per heavy atom. The van der Waals surface area contributed by atoms with Crippen LogP contribution >= 0.6 is 0 Å². The molecule has 0 aliphatic carbocycles. The van der Waals surface area contributed by atoms with E-state index in [4.69, 9.17) is 0 Å². The Labute approximate surface area is 204 Å². The van der Waals surface area contributed by atoms with Crippen LogP contribution in [0.15, 0.2) is 0 Å². The maximum Gasteiger partial charge on any atom is 0.170 e. The summed E-state index contributed by atoms with van der Waals surface area (Å²) < 4.78 is 48.4. The molecule has 4 nitrogen and oxygen atoms in total. The SMILES string of the molecule is CCCCCCCCCC[S+]([O-])[S+]([O-])CCC[S+]([O-])[S+]([O-])CCCCCCCCCC. The largest absolute Gasteiger partial charge is 0.571 e. The zero-order valence-corrected chi connectivity index (χ0v) is 23.4. The van der Waals surface area contributed by atoms with Crippen LogP contribution in [-0.2, 0) is 40.8 Å². The molecule has 0 aliphatic rings. The Hall–Kier alpha value is 1.24. The van der Waals surface area contributed by atoms with Crippen molar-refractivity contribution in [3.05, 3.63) is 0 Å². The van der Waals surface area contributed by atoms with Crippen LogP contribution in [0.2, 0.25) is 0 Å². The molecular formula is C23H48O4S4. The van der Waals surface area contributed by atoms with Crippen LogP contribution in [0.5, 0.6) is 0 Å². The Balaban J connectivity index is 3.60. The smallest absolute Gasteiger partial charge is 0.170 e. The van der Waals surface area contributed by atoms with Crippen LogP contribution in [-0.4, -0.2) is 41.2 Å². The first-order chi connectivity index (χ1) is 15.0. The van der Waals surface area contributed by atoms with Gasteiger partial charge in [0.25, 0.3) is 0 Å². The second-order valence-corrected chi connectivity index (χ2v) is 16.9. The van der Waals surface area contributed by atoms with E-state index >= 15 is 0 Å². The summed E-state index contributed by atoms with van der Waals surface area (Å²) in [7, 11) is -5.39. The normalized spacial score (nSPS) is 15.7. The van der Waals surface area contributed by atoms with E-state index in [-0.39, 0.29) is 0 Å². The summed E-state index contributed by atoms with van der Waals surface area (Å²) in [4.78, 5) is 0. The second-order valence-electron chi connectivity index (χ2n) is 8.33. The second kappa shape index (κ2) is 24.4. The van der Waals surface area contributed by atoms with Crippen molar-refractivity contribution in [2.45, 2.75) is 123 Å². The van der Waals surface area contributed by atoms with Gasteiger partial charge in [-0.1, -0.05) is 90.9 Å². The Kier molecular flexibility index (Phi) is 25.3. The van der Waals surface area contributed by atoms with Gasteiger partial charge in [-0.3, -0.25) is 0 Å². The first-order valence-corrected chi connectivity index (χ1v) is 18.9. The van der Waals surface area contributed by atoms with Crippen molar-refractivity contribution in [3.63, 3.8) is 0 Å². The number of hydrogen-bond acceptors (Lipinski definition) is 4. The van der Waals surface area contributed by atoms with Crippen molar-refractivity contribution in [1.82, 2.24) is 0 Å². The molecule has 0 spiro atoms. The quantitative estimate of drug-likeness (QED) is 0.0833. The summed E-state index contributed by atoms with van der Waals surface area (Å²) >= 11 is 0. The summed E-state index contributed by atoms with van der Waals surface area (Å²) in [6.45, 7) is 4.43. The fourth-order valence-corrected chi connectivity index (χ4v) is 9.58. The van der Waals surface area contributed by atoms with E-state index in [1.54, 1.807) is 0 Å². The third-order valence-electron chi connectivity index (χ3n) is 5.37. The monoisotopic (exact) mass is 516 g/mol. The van der Waals surface area contributed by atoms with Crippen molar-refractivity contribution in [1.29, 1.82) is 0 Å². The van der Waals surface area contributed by atoms with Gasteiger partial charge in [-0.2, -0.15) is 0 Å². The molecule has 0 amide bonds. The first-order valence-electron chi connectivity index (χ1n) is 12.6. The molecule has 0 bridgehead atoms. The van der Waals surface area contributed by atoms with Gasteiger partial charge in [0, 0.05) is 6.42 Å². The maximum atomic E-state index is 12.1. The van der Waals surface area contributed by atoms with Crippen LogP contribution in [0, 0.1) is 0 Å².